The molecule has 9 nitrogen and oxygen atoms in total. The first kappa shape index (κ1) is 23.4. The topological polar surface area (TPSA) is 116 Å². The molecule has 0 spiro atoms. The summed E-state index contributed by atoms with van der Waals surface area (Å²) in [5.74, 6) is -1.20. The molecule has 0 fully saturated rings. The highest BCUT2D eigenvalue weighted by atomic mass is 35.5. The molecule has 0 saturated carbocycles. The maximum Gasteiger partial charge on any atom is 0.408 e. The molecule has 0 aliphatic heterocycles. The molecule has 2 heterocycles. The van der Waals surface area contributed by atoms with Crippen LogP contribution in [0.5, 0.6) is 0 Å². The summed E-state index contributed by atoms with van der Waals surface area (Å²) in [6, 6.07) is 9.38. The van der Waals surface area contributed by atoms with Gasteiger partial charge in [0, 0.05) is 17.4 Å². The summed E-state index contributed by atoms with van der Waals surface area (Å²) < 4.78 is 6.61. The first-order valence-corrected chi connectivity index (χ1v) is 11.1. The molecular formula is C21H21ClN4O5S. The minimum atomic E-state index is -0.642. The molecule has 1 N–H and O–H groups in total. The van der Waals surface area contributed by atoms with Crippen molar-refractivity contribution in [3.05, 3.63) is 62.1 Å². The largest absolute Gasteiger partial charge is 0.462 e. The summed E-state index contributed by atoms with van der Waals surface area (Å²) in [7, 11) is 0. The van der Waals surface area contributed by atoms with Crippen molar-refractivity contribution in [1.82, 2.24) is 9.78 Å². The van der Waals surface area contributed by atoms with Gasteiger partial charge in [0.15, 0.2) is 5.02 Å². The Morgan fingerprint density at radius 3 is 2.66 bits per heavy atom. The van der Waals surface area contributed by atoms with Crippen LogP contribution in [0.2, 0.25) is 5.02 Å². The first-order chi connectivity index (χ1) is 15.3. The zero-order valence-corrected chi connectivity index (χ0v) is 19.0. The van der Waals surface area contributed by atoms with Crippen LogP contribution < -0.4 is 5.32 Å². The molecule has 0 saturated heterocycles. The average Bonchev–Trinajstić information content (AvgIpc) is 3.31. The summed E-state index contributed by atoms with van der Waals surface area (Å²) >= 11 is 7.19. The lowest BCUT2D eigenvalue weighted by atomic mass is 10.0. The number of esters is 1. The number of aryl methyl sites for hydroxylation is 1. The van der Waals surface area contributed by atoms with Crippen LogP contribution in [0.25, 0.3) is 11.1 Å². The lowest BCUT2D eigenvalue weighted by molar-refractivity contribution is -0.389. The Labute approximate surface area is 193 Å². The van der Waals surface area contributed by atoms with Gasteiger partial charge in [0.2, 0.25) is 5.91 Å². The molecule has 11 heteroatoms. The van der Waals surface area contributed by atoms with E-state index in [1.165, 1.54) is 16.0 Å². The molecule has 0 radical (unpaired) electrons. The number of hydrogen-bond acceptors (Lipinski definition) is 7. The number of carbonyl (C=O) groups is 2. The van der Waals surface area contributed by atoms with Gasteiger partial charge in [-0.25, -0.2) is 4.79 Å². The second-order valence-electron chi connectivity index (χ2n) is 6.79. The minimum absolute atomic E-state index is 0.00874. The van der Waals surface area contributed by atoms with Crippen LogP contribution in [0.1, 0.15) is 35.8 Å². The van der Waals surface area contributed by atoms with Gasteiger partial charge in [-0.15, -0.1) is 11.3 Å². The molecule has 2 aromatic heterocycles. The number of thiophene rings is 1. The van der Waals surface area contributed by atoms with E-state index in [1.54, 1.807) is 13.8 Å². The van der Waals surface area contributed by atoms with E-state index in [2.05, 4.69) is 10.4 Å². The van der Waals surface area contributed by atoms with Crippen molar-refractivity contribution in [1.29, 1.82) is 0 Å². The maximum absolute atomic E-state index is 12.6. The highest BCUT2D eigenvalue weighted by Crippen LogP contribution is 2.36. The quantitative estimate of drug-likeness (QED) is 0.261. The van der Waals surface area contributed by atoms with Crippen LogP contribution in [-0.2, 0) is 16.1 Å². The van der Waals surface area contributed by atoms with E-state index in [1.807, 2.05) is 35.7 Å². The summed E-state index contributed by atoms with van der Waals surface area (Å²) in [5, 5.41) is 19.8. The van der Waals surface area contributed by atoms with Gasteiger partial charge in [-0.3, -0.25) is 4.79 Å². The zero-order valence-electron chi connectivity index (χ0n) is 17.5. The second-order valence-corrected chi connectivity index (χ2v) is 8.05. The van der Waals surface area contributed by atoms with E-state index < -0.39 is 16.7 Å². The normalized spacial score (nSPS) is 10.7. The third kappa shape index (κ3) is 5.14. The fourth-order valence-electron chi connectivity index (χ4n) is 3.11. The number of amides is 1. The number of nitrogens with one attached hydrogen (secondary N) is 1. The van der Waals surface area contributed by atoms with Crippen molar-refractivity contribution in [2.75, 3.05) is 11.9 Å². The van der Waals surface area contributed by atoms with Gasteiger partial charge >= 0.3 is 11.8 Å². The standard InChI is InChI=1S/C21H21ClN4O5S/c1-3-31-21(28)17-15(14-8-5-4-6-9-14)12-32-20(17)23-16(27)10-7-11-25-13(2)18(22)19(24-25)26(29)30/h4-6,8-9,12H,3,7,10-11H2,1-2H3,(H,23,27). The summed E-state index contributed by atoms with van der Waals surface area (Å²) in [6.45, 7) is 3.86. The summed E-state index contributed by atoms with van der Waals surface area (Å²) in [6.07, 6.45) is 0.513. The number of rotatable bonds is 9. The molecule has 1 amide bonds. The number of halogens is 1. The molecule has 1 aromatic carbocycles. The van der Waals surface area contributed by atoms with Gasteiger partial charge in [-0.05, 0) is 30.8 Å². The lowest BCUT2D eigenvalue weighted by Gasteiger charge is -2.09. The van der Waals surface area contributed by atoms with E-state index in [0.29, 0.717) is 28.2 Å². The molecule has 0 aliphatic carbocycles. The Bertz CT molecular complexity index is 1140. The number of aromatic nitrogens is 2. The van der Waals surface area contributed by atoms with Gasteiger partial charge in [-0.2, -0.15) is 4.68 Å². The minimum Gasteiger partial charge on any atom is -0.462 e. The number of nitrogens with zero attached hydrogens (tertiary/aromatic N) is 3. The number of anilines is 1. The monoisotopic (exact) mass is 476 g/mol. The molecule has 32 heavy (non-hydrogen) atoms. The Morgan fingerprint density at radius 2 is 2.03 bits per heavy atom. The van der Waals surface area contributed by atoms with Crippen LogP contribution >= 0.6 is 22.9 Å². The molecule has 3 aromatic rings. The molecule has 168 valence electrons. The Balaban J connectivity index is 1.70. The molecule has 3 rings (SSSR count). The predicted molar refractivity (Wildman–Crippen MR) is 122 cm³/mol. The van der Waals surface area contributed by atoms with Crippen LogP contribution in [0.15, 0.2) is 35.7 Å². The number of benzene rings is 1. The van der Waals surface area contributed by atoms with Crippen molar-refractivity contribution in [3.8, 4) is 11.1 Å². The fourth-order valence-corrected chi connectivity index (χ4v) is 4.29. The molecule has 0 aliphatic rings. The molecule has 0 bridgehead atoms. The van der Waals surface area contributed by atoms with Gasteiger partial charge < -0.3 is 20.2 Å². The Morgan fingerprint density at radius 1 is 1.31 bits per heavy atom. The molecule has 0 atom stereocenters. The van der Waals surface area contributed by atoms with Crippen LogP contribution in [-0.4, -0.2) is 33.2 Å². The molecular weight excluding hydrogens is 456 g/mol. The van der Waals surface area contributed by atoms with Crippen molar-refractivity contribution in [2.45, 2.75) is 33.2 Å². The smallest absolute Gasteiger partial charge is 0.408 e. The van der Waals surface area contributed by atoms with Crippen molar-refractivity contribution < 1.29 is 19.2 Å². The van der Waals surface area contributed by atoms with E-state index in [0.717, 1.165) is 5.56 Å². The Hall–Kier alpha value is -3.24. The highest BCUT2D eigenvalue weighted by molar-refractivity contribution is 7.15. The lowest BCUT2D eigenvalue weighted by Crippen LogP contribution is -2.15. The van der Waals surface area contributed by atoms with Crippen LogP contribution in [0.4, 0.5) is 10.8 Å². The van der Waals surface area contributed by atoms with E-state index in [4.69, 9.17) is 16.3 Å². The van der Waals surface area contributed by atoms with Crippen LogP contribution in [0.3, 0.4) is 0 Å². The summed E-state index contributed by atoms with van der Waals surface area (Å²) in [5.41, 5.74) is 2.33. The van der Waals surface area contributed by atoms with Crippen molar-refractivity contribution in [2.24, 2.45) is 0 Å². The molecule has 0 unspecified atom stereocenters. The fraction of sp³-hybridized carbons (Fsp3) is 0.286. The predicted octanol–water partition coefficient (Wildman–Crippen LogP) is 5.08. The van der Waals surface area contributed by atoms with Gasteiger partial charge in [0.05, 0.1) is 23.9 Å². The highest BCUT2D eigenvalue weighted by Gasteiger charge is 2.25. The maximum atomic E-state index is 12.6. The third-order valence-electron chi connectivity index (χ3n) is 4.67. The zero-order chi connectivity index (χ0) is 23.3. The number of nitro groups is 1. The van der Waals surface area contributed by atoms with E-state index in [9.17, 15) is 19.7 Å². The van der Waals surface area contributed by atoms with E-state index in [-0.39, 0.29) is 30.5 Å². The van der Waals surface area contributed by atoms with E-state index >= 15 is 0 Å². The second kappa shape index (κ2) is 10.4. The third-order valence-corrected chi connectivity index (χ3v) is 6.01. The van der Waals surface area contributed by atoms with Gasteiger partial charge in [0.1, 0.15) is 10.6 Å². The SMILES string of the molecule is CCOC(=O)c1c(-c2ccccc2)csc1NC(=O)CCCn1nc([N+](=O)[O-])c(Cl)c1C. The number of ether oxygens (including phenoxy) is 1. The first-order valence-electron chi connectivity index (χ1n) is 9.84. The van der Waals surface area contributed by atoms with Crippen molar-refractivity contribution in [3.63, 3.8) is 0 Å². The number of hydrogen-bond donors (Lipinski definition) is 1. The van der Waals surface area contributed by atoms with Gasteiger partial charge in [-0.1, -0.05) is 41.9 Å². The number of carbonyl (C=O) groups excluding carboxylic acids is 2. The summed E-state index contributed by atoms with van der Waals surface area (Å²) in [4.78, 5) is 35.4. The average molecular weight is 477 g/mol. The van der Waals surface area contributed by atoms with Crippen LogP contribution in [0, 0.1) is 17.0 Å². The van der Waals surface area contributed by atoms with Crippen molar-refractivity contribution >= 4 is 45.6 Å². The van der Waals surface area contributed by atoms with Gasteiger partial charge in [0.25, 0.3) is 0 Å². The Kier molecular flexibility index (Phi) is 7.60.